The Balaban J connectivity index is 1.57. The number of benzene rings is 2. The van der Waals surface area contributed by atoms with Crippen LogP contribution in [0.5, 0.6) is 17.2 Å². The summed E-state index contributed by atoms with van der Waals surface area (Å²) in [4.78, 5) is 13.5. The number of carbonyl (C=O) groups excluding carboxylic acids is 1. The van der Waals surface area contributed by atoms with Crippen molar-refractivity contribution in [2.45, 2.75) is 22.1 Å². The van der Waals surface area contributed by atoms with Gasteiger partial charge in [-0.3, -0.25) is 4.79 Å². The van der Waals surface area contributed by atoms with Crippen molar-refractivity contribution in [2.24, 2.45) is 0 Å². The molecule has 0 spiro atoms. The first-order chi connectivity index (χ1) is 14.5. The number of hydrogen-bond donors (Lipinski definition) is 1. The van der Waals surface area contributed by atoms with Crippen LogP contribution in [0.2, 0.25) is 0 Å². The van der Waals surface area contributed by atoms with Crippen LogP contribution in [0, 0.1) is 0 Å². The van der Waals surface area contributed by atoms with E-state index in [0.29, 0.717) is 22.9 Å². The lowest BCUT2D eigenvalue weighted by Gasteiger charge is -2.24. The summed E-state index contributed by atoms with van der Waals surface area (Å²) in [7, 11) is -2.29. The Hall–Kier alpha value is -3.04. The molecule has 0 saturated heterocycles. The van der Waals surface area contributed by atoms with Gasteiger partial charge in [-0.2, -0.15) is 0 Å². The van der Waals surface area contributed by atoms with Gasteiger partial charge in [0.05, 0.1) is 17.7 Å². The average Bonchev–Trinajstić information content (AvgIpc) is 3.39. The molecule has 2 aliphatic rings. The molecule has 0 bridgehead atoms. The summed E-state index contributed by atoms with van der Waals surface area (Å²) in [5, 5.41) is 4.36. The third kappa shape index (κ3) is 3.01. The summed E-state index contributed by atoms with van der Waals surface area (Å²) in [5.74, 6) is 1.37. The highest BCUT2D eigenvalue weighted by Gasteiger charge is 2.35. The van der Waals surface area contributed by atoms with Crippen LogP contribution in [0.4, 0.5) is 5.69 Å². The minimum absolute atomic E-state index is 0.103. The SMILES string of the molecule is COc1ccc(S(=O)(=O)c2csc3c2NC(=O)CC3c2ccc3c(c2)OCO3)cc1. The minimum Gasteiger partial charge on any atom is -0.497 e. The van der Waals surface area contributed by atoms with Gasteiger partial charge in [0, 0.05) is 22.6 Å². The molecule has 0 aliphatic carbocycles. The second kappa shape index (κ2) is 7.03. The smallest absolute Gasteiger partial charge is 0.231 e. The molecule has 7 nitrogen and oxygen atoms in total. The number of ether oxygens (including phenoxy) is 3. The molecule has 154 valence electrons. The maximum Gasteiger partial charge on any atom is 0.231 e. The van der Waals surface area contributed by atoms with Crippen LogP contribution in [0.3, 0.4) is 0 Å². The van der Waals surface area contributed by atoms with E-state index >= 15 is 0 Å². The lowest BCUT2D eigenvalue weighted by molar-refractivity contribution is -0.116. The normalized spacial score (nSPS) is 17.4. The van der Waals surface area contributed by atoms with Gasteiger partial charge in [0.2, 0.25) is 22.5 Å². The topological polar surface area (TPSA) is 90.9 Å². The van der Waals surface area contributed by atoms with E-state index in [-0.39, 0.29) is 34.8 Å². The van der Waals surface area contributed by atoms with Crippen molar-refractivity contribution in [1.29, 1.82) is 0 Å². The van der Waals surface area contributed by atoms with Crippen LogP contribution < -0.4 is 19.5 Å². The number of nitrogens with one attached hydrogen (secondary N) is 1. The van der Waals surface area contributed by atoms with Crippen molar-refractivity contribution < 1.29 is 27.4 Å². The summed E-state index contributed by atoms with van der Waals surface area (Å²) in [6, 6.07) is 11.7. The van der Waals surface area contributed by atoms with Gasteiger partial charge in [0.15, 0.2) is 11.5 Å². The fourth-order valence-electron chi connectivity index (χ4n) is 3.68. The van der Waals surface area contributed by atoms with E-state index in [9.17, 15) is 13.2 Å². The summed E-state index contributed by atoms with van der Waals surface area (Å²) in [6.07, 6.45) is 0.231. The fraction of sp³-hybridized carbons (Fsp3) is 0.190. The fourth-order valence-corrected chi connectivity index (χ4v) is 6.59. The molecular weight excluding hydrogens is 426 g/mol. The Morgan fingerprint density at radius 1 is 1.10 bits per heavy atom. The first kappa shape index (κ1) is 19.0. The summed E-state index contributed by atoms with van der Waals surface area (Å²) in [5.41, 5.74) is 1.24. The molecule has 1 atom stereocenters. The van der Waals surface area contributed by atoms with Gasteiger partial charge in [-0.1, -0.05) is 6.07 Å². The van der Waals surface area contributed by atoms with Gasteiger partial charge in [-0.15, -0.1) is 11.3 Å². The van der Waals surface area contributed by atoms with Crippen LogP contribution in [0.1, 0.15) is 22.8 Å². The molecule has 1 N–H and O–H groups in total. The van der Waals surface area contributed by atoms with E-state index < -0.39 is 9.84 Å². The predicted octanol–water partition coefficient (Wildman–Crippen LogP) is 3.79. The van der Waals surface area contributed by atoms with Crippen LogP contribution >= 0.6 is 11.3 Å². The van der Waals surface area contributed by atoms with E-state index in [1.165, 1.54) is 30.6 Å². The van der Waals surface area contributed by atoms with Gasteiger partial charge in [0.25, 0.3) is 0 Å². The van der Waals surface area contributed by atoms with Crippen LogP contribution in [-0.4, -0.2) is 28.2 Å². The zero-order valence-corrected chi connectivity index (χ0v) is 17.5. The number of amides is 1. The Morgan fingerprint density at radius 3 is 2.63 bits per heavy atom. The Kier molecular flexibility index (Phi) is 4.44. The highest BCUT2D eigenvalue weighted by Crippen LogP contribution is 2.47. The quantitative estimate of drug-likeness (QED) is 0.660. The van der Waals surface area contributed by atoms with E-state index in [1.54, 1.807) is 17.5 Å². The molecule has 0 fully saturated rings. The zero-order valence-electron chi connectivity index (χ0n) is 15.9. The number of rotatable bonds is 4. The minimum atomic E-state index is -3.81. The second-order valence-electron chi connectivity index (χ2n) is 6.94. The monoisotopic (exact) mass is 443 g/mol. The molecule has 0 radical (unpaired) electrons. The first-order valence-electron chi connectivity index (χ1n) is 9.17. The van der Waals surface area contributed by atoms with Crippen molar-refractivity contribution in [1.82, 2.24) is 0 Å². The van der Waals surface area contributed by atoms with Gasteiger partial charge >= 0.3 is 0 Å². The molecule has 9 heteroatoms. The lowest BCUT2D eigenvalue weighted by Crippen LogP contribution is -2.23. The molecule has 3 aromatic rings. The second-order valence-corrected chi connectivity index (χ2v) is 9.77. The Labute approximate surface area is 177 Å². The Morgan fingerprint density at radius 2 is 1.87 bits per heavy atom. The number of methoxy groups -OCH3 is 1. The predicted molar refractivity (Wildman–Crippen MR) is 110 cm³/mol. The van der Waals surface area contributed by atoms with Gasteiger partial charge in [-0.05, 0) is 42.0 Å². The zero-order chi connectivity index (χ0) is 20.9. The van der Waals surface area contributed by atoms with Gasteiger partial charge in [-0.25, -0.2) is 8.42 Å². The van der Waals surface area contributed by atoms with Crippen LogP contribution in [-0.2, 0) is 14.6 Å². The first-order valence-corrected chi connectivity index (χ1v) is 11.5. The summed E-state index contributed by atoms with van der Waals surface area (Å²) < 4.78 is 42.4. The van der Waals surface area contributed by atoms with Gasteiger partial charge in [0.1, 0.15) is 10.6 Å². The van der Waals surface area contributed by atoms with Crippen molar-refractivity contribution in [3.05, 3.63) is 58.3 Å². The largest absolute Gasteiger partial charge is 0.497 e. The number of thiophene rings is 1. The maximum absolute atomic E-state index is 13.2. The van der Waals surface area contributed by atoms with E-state index in [2.05, 4.69) is 5.32 Å². The molecule has 1 aromatic heterocycles. The molecule has 3 heterocycles. The molecule has 0 saturated carbocycles. The Bertz CT molecular complexity index is 1250. The number of anilines is 1. The molecule has 2 aliphatic heterocycles. The van der Waals surface area contributed by atoms with Crippen molar-refractivity contribution in [2.75, 3.05) is 19.2 Å². The summed E-state index contributed by atoms with van der Waals surface area (Å²) in [6.45, 7) is 0.165. The molecule has 1 amide bonds. The number of hydrogen-bond acceptors (Lipinski definition) is 7. The third-order valence-electron chi connectivity index (χ3n) is 5.21. The van der Waals surface area contributed by atoms with Gasteiger partial charge < -0.3 is 19.5 Å². The van der Waals surface area contributed by atoms with E-state index in [1.807, 2.05) is 18.2 Å². The van der Waals surface area contributed by atoms with Crippen LogP contribution in [0.25, 0.3) is 0 Å². The third-order valence-corrected chi connectivity index (χ3v) is 8.25. The van der Waals surface area contributed by atoms with E-state index in [0.717, 1.165) is 10.4 Å². The average molecular weight is 444 g/mol. The highest BCUT2D eigenvalue weighted by molar-refractivity contribution is 7.91. The standard InChI is InChI=1S/C21H17NO6S2/c1-26-13-3-5-14(6-4-13)30(24,25)18-10-29-21-15(9-19(23)22-20(18)21)12-2-7-16-17(8-12)28-11-27-16/h2-8,10,15H,9,11H2,1H3,(H,22,23). The van der Waals surface area contributed by atoms with Crippen LogP contribution in [0.15, 0.2) is 57.6 Å². The summed E-state index contributed by atoms with van der Waals surface area (Å²) >= 11 is 1.33. The molecule has 2 aromatic carbocycles. The van der Waals surface area contributed by atoms with E-state index in [4.69, 9.17) is 14.2 Å². The molecular formula is C21H17NO6S2. The number of carbonyl (C=O) groups is 1. The number of fused-ring (bicyclic) bond motifs is 2. The maximum atomic E-state index is 13.2. The molecule has 5 rings (SSSR count). The lowest BCUT2D eigenvalue weighted by atomic mass is 9.90. The van der Waals surface area contributed by atoms with Crippen molar-refractivity contribution in [3.8, 4) is 17.2 Å². The van der Waals surface area contributed by atoms with Crippen molar-refractivity contribution >= 4 is 32.8 Å². The highest BCUT2D eigenvalue weighted by atomic mass is 32.2. The van der Waals surface area contributed by atoms with Crippen molar-refractivity contribution in [3.63, 3.8) is 0 Å². The number of sulfone groups is 1. The molecule has 30 heavy (non-hydrogen) atoms. The molecule has 1 unspecified atom stereocenters.